The van der Waals surface area contributed by atoms with Crippen molar-refractivity contribution in [2.75, 3.05) is 13.7 Å². The molecule has 5 heteroatoms. The first-order chi connectivity index (χ1) is 9.67. The number of methoxy groups -OCH3 is 1. The molecule has 1 atom stereocenters. The molecule has 1 aromatic heterocycles. The number of hydrogen-bond acceptors (Lipinski definition) is 3. The number of nitrogens with zero attached hydrogens (tertiary/aromatic N) is 1. The van der Waals surface area contributed by atoms with Crippen LogP contribution in [0.4, 0.5) is 0 Å². The van der Waals surface area contributed by atoms with Gasteiger partial charge in [-0.3, -0.25) is 4.98 Å². The Kier molecular flexibility index (Phi) is 5.24. The summed E-state index contributed by atoms with van der Waals surface area (Å²) in [5.74, 6) is 0.650. The second kappa shape index (κ2) is 6.93. The predicted octanol–water partition coefficient (Wildman–Crippen LogP) is 4.10. The van der Waals surface area contributed by atoms with Gasteiger partial charge >= 0.3 is 0 Å². The molecule has 0 aliphatic heterocycles. The molecule has 0 radical (unpaired) electrons. The highest BCUT2D eigenvalue weighted by molar-refractivity contribution is 6.32. The Labute approximate surface area is 128 Å². The lowest BCUT2D eigenvalue weighted by Gasteiger charge is -2.20. The molecule has 2 aromatic rings. The van der Waals surface area contributed by atoms with E-state index in [0.717, 1.165) is 17.7 Å². The van der Waals surface area contributed by atoms with Crippen LogP contribution in [0.2, 0.25) is 10.0 Å². The molecule has 0 saturated heterocycles. The first-order valence-corrected chi connectivity index (χ1v) is 7.09. The average molecular weight is 311 g/mol. The summed E-state index contributed by atoms with van der Waals surface area (Å²) in [5.41, 5.74) is 2.02. The molecule has 1 N–H and O–H groups in total. The standard InChI is InChI=1S/C15H16Cl2N2O/c1-3-19-15(11-6-7-18-9-13(11)17)10-4-5-12(16)14(8-10)20-2/h4-9,15,19H,3H2,1-2H3. The summed E-state index contributed by atoms with van der Waals surface area (Å²) >= 11 is 12.3. The van der Waals surface area contributed by atoms with Crippen LogP contribution in [0.1, 0.15) is 24.1 Å². The summed E-state index contributed by atoms with van der Waals surface area (Å²) < 4.78 is 5.27. The van der Waals surface area contributed by atoms with Gasteiger partial charge in [0, 0.05) is 12.4 Å². The quantitative estimate of drug-likeness (QED) is 0.903. The molecule has 1 heterocycles. The van der Waals surface area contributed by atoms with E-state index in [1.807, 2.05) is 24.3 Å². The second-order valence-electron chi connectivity index (χ2n) is 4.28. The van der Waals surface area contributed by atoms with Crippen molar-refractivity contribution in [1.82, 2.24) is 10.3 Å². The third kappa shape index (κ3) is 3.23. The Bertz CT molecular complexity index is 590. The predicted molar refractivity (Wildman–Crippen MR) is 82.8 cm³/mol. The SMILES string of the molecule is CCNC(c1ccc(Cl)c(OC)c1)c1ccncc1Cl. The molecule has 20 heavy (non-hydrogen) atoms. The highest BCUT2D eigenvalue weighted by Gasteiger charge is 2.17. The third-order valence-electron chi connectivity index (χ3n) is 3.03. The largest absolute Gasteiger partial charge is 0.495 e. The molecule has 0 fully saturated rings. The van der Waals surface area contributed by atoms with Crippen molar-refractivity contribution in [2.24, 2.45) is 0 Å². The number of aromatic nitrogens is 1. The fraction of sp³-hybridized carbons (Fsp3) is 0.267. The van der Waals surface area contributed by atoms with Gasteiger partial charge in [0.15, 0.2) is 0 Å². The van der Waals surface area contributed by atoms with Crippen LogP contribution in [0.5, 0.6) is 5.75 Å². The van der Waals surface area contributed by atoms with Crippen molar-refractivity contribution in [3.63, 3.8) is 0 Å². The van der Waals surface area contributed by atoms with Gasteiger partial charge in [-0.1, -0.05) is 36.2 Å². The van der Waals surface area contributed by atoms with Crippen LogP contribution < -0.4 is 10.1 Å². The summed E-state index contributed by atoms with van der Waals surface area (Å²) in [6, 6.07) is 7.61. The van der Waals surface area contributed by atoms with Gasteiger partial charge in [0.1, 0.15) is 5.75 Å². The van der Waals surface area contributed by atoms with E-state index >= 15 is 0 Å². The number of hydrogen-bond donors (Lipinski definition) is 1. The van der Waals surface area contributed by atoms with Crippen LogP contribution in [-0.2, 0) is 0 Å². The molecule has 1 unspecified atom stereocenters. The van der Waals surface area contributed by atoms with Crippen LogP contribution in [0, 0.1) is 0 Å². The van der Waals surface area contributed by atoms with Crippen LogP contribution in [0.25, 0.3) is 0 Å². The van der Waals surface area contributed by atoms with Gasteiger partial charge in [-0.25, -0.2) is 0 Å². The molecule has 0 amide bonds. The molecule has 1 aromatic carbocycles. The van der Waals surface area contributed by atoms with Gasteiger partial charge in [-0.2, -0.15) is 0 Å². The van der Waals surface area contributed by atoms with Crippen LogP contribution >= 0.6 is 23.2 Å². The fourth-order valence-corrected chi connectivity index (χ4v) is 2.51. The van der Waals surface area contributed by atoms with Crippen molar-refractivity contribution in [3.05, 3.63) is 57.8 Å². The Morgan fingerprint density at radius 3 is 2.70 bits per heavy atom. The van der Waals surface area contributed by atoms with Crippen molar-refractivity contribution >= 4 is 23.2 Å². The third-order valence-corrected chi connectivity index (χ3v) is 3.66. The zero-order valence-corrected chi connectivity index (χ0v) is 12.9. The van der Waals surface area contributed by atoms with E-state index < -0.39 is 0 Å². The smallest absolute Gasteiger partial charge is 0.137 e. The molecule has 0 saturated carbocycles. The lowest BCUT2D eigenvalue weighted by molar-refractivity contribution is 0.414. The molecule has 0 aliphatic rings. The zero-order valence-electron chi connectivity index (χ0n) is 11.4. The van der Waals surface area contributed by atoms with Crippen LogP contribution in [0.15, 0.2) is 36.7 Å². The minimum Gasteiger partial charge on any atom is -0.495 e. The lowest BCUT2D eigenvalue weighted by Crippen LogP contribution is -2.22. The Morgan fingerprint density at radius 2 is 2.05 bits per heavy atom. The van der Waals surface area contributed by atoms with Gasteiger partial charge in [0.25, 0.3) is 0 Å². The number of ether oxygens (including phenoxy) is 1. The molecule has 0 bridgehead atoms. The van der Waals surface area contributed by atoms with Crippen molar-refractivity contribution in [1.29, 1.82) is 0 Å². The zero-order chi connectivity index (χ0) is 14.5. The minimum absolute atomic E-state index is 0.0262. The monoisotopic (exact) mass is 310 g/mol. The molecule has 2 rings (SSSR count). The summed E-state index contributed by atoms with van der Waals surface area (Å²) in [7, 11) is 1.60. The Morgan fingerprint density at radius 1 is 1.25 bits per heavy atom. The number of halogens is 2. The maximum atomic E-state index is 6.25. The highest BCUT2D eigenvalue weighted by atomic mass is 35.5. The van der Waals surface area contributed by atoms with E-state index in [1.165, 1.54) is 0 Å². The molecule has 3 nitrogen and oxygen atoms in total. The van der Waals surface area contributed by atoms with Crippen LogP contribution in [-0.4, -0.2) is 18.6 Å². The van der Waals surface area contributed by atoms with E-state index in [-0.39, 0.29) is 6.04 Å². The van der Waals surface area contributed by atoms with E-state index in [0.29, 0.717) is 15.8 Å². The van der Waals surface area contributed by atoms with E-state index in [1.54, 1.807) is 19.5 Å². The van der Waals surface area contributed by atoms with Gasteiger partial charge in [0.05, 0.1) is 23.2 Å². The second-order valence-corrected chi connectivity index (χ2v) is 5.10. The lowest BCUT2D eigenvalue weighted by atomic mass is 9.99. The summed E-state index contributed by atoms with van der Waals surface area (Å²) in [6.07, 6.45) is 3.38. The molecular weight excluding hydrogens is 295 g/mol. The van der Waals surface area contributed by atoms with Crippen LogP contribution in [0.3, 0.4) is 0 Å². The Hall–Kier alpha value is -1.29. The minimum atomic E-state index is -0.0262. The number of pyridine rings is 1. The first kappa shape index (κ1) is 15.1. The van der Waals surface area contributed by atoms with E-state index in [9.17, 15) is 0 Å². The summed E-state index contributed by atoms with van der Waals surface area (Å²) in [5, 5.41) is 4.64. The molecule has 0 aliphatic carbocycles. The van der Waals surface area contributed by atoms with E-state index in [4.69, 9.17) is 27.9 Å². The Balaban J connectivity index is 2.46. The number of rotatable bonds is 5. The summed E-state index contributed by atoms with van der Waals surface area (Å²) in [4.78, 5) is 4.02. The average Bonchev–Trinajstić information content (AvgIpc) is 2.46. The first-order valence-electron chi connectivity index (χ1n) is 6.33. The molecular formula is C15H16Cl2N2O. The molecule has 106 valence electrons. The van der Waals surface area contributed by atoms with Gasteiger partial charge in [-0.05, 0) is 35.9 Å². The fourth-order valence-electron chi connectivity index (χ4n) is 2.09. The van der Waals surface area contributed by atoms with Gasteiger partial charge in [-0.15, -0.1) is 0 Å². The van der Waals surface area contributed by atoms with Gasteiger partial charge in [0.2, 0.25) is 0 Å². The maximum Gasteiger partial charge on any atom is 0.137 e. The molecule has 0 spiro atoms. The number of benzene rings is 1. The van der Waals surface area contributed by atoms with Crippen molar-refractivity contribution in [2.45, 2.75) is 13.0 Å². The normalized spacial score (nSPS) is 12.2. The maximum absolute atomic E-state index is 6.25. The number of nitrogens with one attached hydrogen (secondary N) is 1. The summed E-state index contributed by atoms with van der Waals surface area (Å²) in [6.45, 7) is 2.86. The van der Waals surface area contributed by atoms with Crippen molar-refractivity contribution < 1.29 is 4.74 Å². The van der Waals surface area contributed by atoms with Gasteiger partial charge < -0.3 is 10.1 Å². The van der Waals surface area contributed by atoms with E-state index in [2.05, 4.69) is 17.2 Å². The topological polar surface area (TPSA) is 34.1 Å². The highest BCUT2D eigenvalue weighted by Crippen LogP contribution is 2.32. The van der Waals surface area contributed by atoms with Crippen molar-refractivity contribution in [3.8, 4) is 5.75 Å².